The van der Waals surface area contributed by atoms with Gasteiger partial charge in [-0.1, -0.05) is 6.07 Å². The minimum Gasteiger partial charge on any atom is -0.496 e. The molecule has 0 saturated carbocycles. The molecule has 5 heteroatoms. The Morgan fingerprint density at radius 1 is 1.42 bits per heavy atom. The molecule has 0 aromatic heterocycles. The minimum absolute atomic E-state index is 0.0118. The Hall–Kier alpha value is -1.62. The lowest BCUT2D eigenvalue weighted by Crippen LogP contribution is -2.36. The van der Waals surface area contributed by atoms with Crippen LogP contribution in [-0.4, -0.2) is 32.1 Å². The molecule has 1 atom stereocenters. The Labute approximate surface area is 112 Å². The second-order valence-electron chi connectivity index (χ2n) is 4.67. The quantitative estimate of drug-likeness (QED) is 0.875. The number of nitrogens with one attached hydrogen (secondary N) is 2. The lowest BCUT2D eigenvalue weighted by atomic mass is 10.1. The van der Waals surface area contributed by atoms with E-state index in [2.05, 4.69) is 10.6 Å². The van der Waals surface area contributed by atoms with Gasteiger partial charge in [0.25, 0.3) is 5.91 Å². The molecule has 1 unspecified atom stereocenters. The topological polar surface area (TPSA) is 50.4 Å². The normalized spacial score (nSPS) is 19.6. The van der Waals surface area contributed by atoms with E-state index >= 15 is 0 Å². The molecule has 0 aliphatic carbocycles. The first-order valence-corrected chi connectivity index (χ1v) is 6.56. The van der Waals surface area contributed by atoms with Gasteiger partial charge in [0.15, 0.2) is 0 Å². The van der Waals surface area contributed by atoms with Crippen LogP contribution >= 0.6 is 0 Å². The van der Waals surface area contributed by atoms with E-state index < -0.39 is 11.7 Å². The number of amides is 1. The number of halogens is 1. The molecular formula is C14H19FN2O2. The molecule has 2 rings (SSSR count). The number of rotatable bonds is 3. The SMILES string of the molecule is COc1cccc(F)c1C(=O)NC1CCCNCC1. The van der Waals surface area contributed by atoms with Crippen molar-refractivity contribution in [3.05, 3.63) is 29.6 Å². The highest BCUT2D eigenvalue weighted by atomic mass is 19.1. The van der Waals surface area contributed by atoms with E-state index in [4.69, 9.17) is 4.74 Å². The Bertz CT molecular complexity index is 443. The third-order valence-electron chi connectivity index (χ3n) is 3.33. The fourth-order valence-corrected chi connectivity index (χ4v) is 2.32. The van der Waals surface area contributed by atoms with Gasteiger partial charge < -0.3 is 15.4 Å². The van der Waals surface area contributed by atoms with Crippen molar-refractivity contribution in [3.8, 4) is 5.75 Å². The Balaban J connectivity index is 2.10. The number of carbonyl (C=O) groups is 1. The summed E-state index contributed by atoms with van der Waals surface area (Å²) in [7, 11) is 1.43. The summed E-state index contributed by atoms with van der Waals surface area (Å²) in [5, 5.41) is 6.17. The highest BCUT2D eigenvalue weighted by Gasteiger charge is 2.21. The Kier molecular flexibility index (Phi) is 4.74. The zero-order valence-electron chi connectivity index (χ0n) is 11.0. The van der Waals surface area contributed by atoms with E-state index in [9.17, 15) is 9.18 Å². The number of ether oxygens (including phenoxy) is 1. The summed E-state index contributed by atoms with van der Waals surface area (Å²) in [6.07, 6.45) is 2.79. The summed E-state index contributed by atoms with van der Waals surface area (Å²) in [5.41, 5.74) is -0.0118. The lowest BCUT2D eigenvalue weighted by molar-refractivity contribution is 0.0926. The minimum atomic E-state index is -0.552. The predicted molar refractivity (Wildman–Crippen MR) is 70.9 cm³/mol. The van der Waals surface area contributed by atoms with Gasteiger partial charge in [0.05, 0.1) is 7.11 Å². The molecule has 1 aliphatic rings. The summed E-state index contributed by atoms with van der Waals surface area (Å²) in [4.78, 5) is 12.2. The van der Waals surface area contributed by atoms with E-state index in [1.54, 1.807) is 6.07 Å². The van der Waals surface area contributed by atoms with Gasteiger partial charge in [-0.2, -0.15) is 0 Å². The second-order valence-corrected chi connectivity index (χ2v) is 4.67. The van der Waals surface area contributed by atoms with Crippen LogP contribution in [0.5, 0.6) is 5.75 Å². The Morgan fingerprint density at radius 3 is 3.05 bits per heavy atom. The Morgan fingerprint density at radius 2 is 2.26 bits per heavy atom. The monoisotopic (exact) mass is 266 g/mol. The van der Waals surface area contributed by atoms with Crippen LogP contribution in [0, 0.1) is 5.82 Å². The van der Waals surface area contributed by atoms with Crippen LogP contribution in [0.25, 0.3) is 0 Å². The number of hydrogen-bond acceptors (Lipinski definition) is 3. The molecule has 2 N–H and O–H groups in total. The molecule has 104 valence electrons. The maximum atomic E-state index is 13.8. The fourth-order valence-electron chi connectivity index (χ4n) is 2.32. The van der Waals surface area contributed by atoms with Gasteiger partial charge in [0, 0.05) is 6.04 Å². The first-order chi connectivity index (χ1) is 9.22. The van der Waals surface area contributed by atoms with Gasteiger partial charge in [-0.25, -0.2) is 4.39 Å². The van der Waals surface area contributed by atoms with E-state index in [1.165, 1.54) is 19.2 Å². The van der Waals surface area contributed by atoms with E-state index in [1.807, 2.05) is 0 Å². The molecule has 0 bridgehead atoms. The van der Waals surface area contributed by atoms with Crippen LogP contribution in [0.2, 0.25) is 0 Å². The van der Waals surface area contributed by atoms with Crippen molar-refractivity contribution in [1.29, 1.82) is 0 Å². The number of hydrogen-bond donors (Lipinski definition) is 2. The van der Waals surface area contributed by atoms with Crippen molar-refractivity contribution in [2.75, 3.05) is 20.2 Å². The molecule has 1 aromatic carbocycles. The van der Waals surface area contributed by atoms with E-state index in [0.29, 0.717) is 0 Å². The molecule has 1 amide bonds. The molecule has 1 fully saturated rings. The van der Waals surface area contributed by atoms with Gasteiger partial charge in [-0.05, 0) is 44.5 Å². The summed E-state index contributed by atoms with van der Waals surface area (Å²) < 4.78 is 18.8. The van der Waals surface area contributed by atoms with Crippen molar-refractivity contribution >= 4 is 5.91 Å². The van der Waals surface area contributed by atoms with Crippen LogP contribution in [-0.2, 0) is 0 Å². The zero-order chi connectivity index (χ0) is 13.7. The summed E-state index contributed by atoms with van der Waals surface area (Å²) in [5.74, 6) is -0.685. The third-order valence-corrected chi connectivity index (χ3v) is 3.33. The summed E-state index contributed by atoms with van der Waals surface area (Å²) in [6.45, 7) is 1.84. The van der Waals surface area contributed by atoms with Gasteiger partial charge >= 0.3 is 0 Å². The molecule has 1 heterocycles. The smallest absolute Gasteiger partial charge is 0.258 e. The number of benzene rings is 1. The van der Waals surface area contributed by atoms with E-state index in [-0.39, 0.29) is 17.4 Å². The molecule has 1 aromatic rings. The first-order valence-electron chi connectivity index (χ1n) is 6.56. The highest BCUT2D eigenvalue weighted by molar-refractivity contribution is 5.97. The molecule has 19 heavy (non-hydrogen) atoms. The van der Waals surface area contributed by atoms with Crippen molar-refractivity contribution in [1.82, 2.24) is 10.6 Å². The average molecular weight is 266 g/mol. The fraction of sp³-hybridized carbons (Fsp3) is 0.500. The van der Waals surface area contributed by atoms with Crippen molar-refractivity contribution < 1.29 is 13.9 Å². The van der Waals surface area contributed by atoms with Gasteiger partial charge in [0.2, 0.25) is 0 Å². The number of carbonyl (C=O) groups excluding carboxylic acids is 1. The summed E-state index contributed by atoms with van der Waals surface area (Å²) >= 11 is 0. The average Bonchev–Trinajstić information content (AvgIpc) is 2.66. The second kappa shape index (κ2) is 6.52. The van der Waals surface area contributed by atoms with Crippen LogP contribution in [0.15, 0.2) is 18.2 Å². The van der Waals surface area contributed by atoms with Crippen LogP contribution in [0.1, 0.15) is 29.6 Å². The largest absolute Gasteiger partial charge is 0.496 e. The van der Waals surface area contributed by atoms with Crippen LogP contribution < -0.4 is 15.4 Å². The molecule has 1 aliphatic heterocycles. The number of methoxy groups -OCH3 is 1. The maximum Gasteiger partial charge on any atom is 0.258 e. The molecule has 1 saturated heterocycles. The van der Waals surface area contributed by atoms with Gasteiger partial charge in [-0.3, -0.25) is 4.79 Å². The van der Waals surface area contributed by atoms with Gasteiger partial charge in [-0.15, -0.1) is 0 Å². The molecule has 0 radical (unpaired) electrons. The maximum absolute atomic E-state index is 13.8. The van der Waals surface area contributed by atoms with E-state index in [0.717, 1.165) is 32.4 Å². The van der Waals surface area contributed by atoms with Gasteiger partial charge in [0.1, 0.15) is 17.1 Å². The summed E-state index contributed by atoms with van der Waals surface area (Å²) in [6, 6.07) is 4.48. The molecular weight excluding hydrogens is 247 g/mol. The van der Waals surface area contributed by atoms with Crippen LogP contribution in [0.3, 0.4) is 0 Å². The van der Waals surface area contributed by atoms with Crippen molar-refractivity contribution in [2.45, 2.75) is 25.3 Å². The van der Waals surface area contributed by atoms with Crippen molar-refractivity contribution in [2.24, 2.45) is 0 Å². The third kappa shape index (κ3) is 3.44. The lowest BCUT2D eigenvalue weighted by Gasteiger charge is -2.17. The highest BCUT2D eigenvalue weighted by Crippen LogP contribution is 2.21. The van der Waals surface area contributed by atoms with Crippen LogP contribution in [0.4, 0.5) is 4.39 Å². The zero-order valence-corrected chi connectivity index (χ0v) is 11.0. The standard InChI is InChI=1S/C14H19FN2O2/c1-19-12-6-2-5-11(15)13(12)14(18)17-10-4-3-8-16-9-7-10/h2,5-6,10,16H,3-4,7-9H2,1H3,(H,17,18). The molecule has 4 nitrogen and oxygen atoms in total. The first kappa shape index (κ1) is 13.8. The van der Waals surface area contributed by atoms with Crippen molar-refractivity contribution in [3.63, 3.8) is 0 Å². The molecule has 0 spiro atoms. The predicted octanol–water partition coefficient (Wildman–Crippen LogP) is 1.71.